The Hall–Kier alpha value is -2.89. The van der Waals surface area contributed by atoms with Gasteiger partial charge in [0.1, 0.15) is 5.69 Å². The summed E-state index contributed by atoms with van der Waals surface area (Å²) in [6.45, 7) is 7.78. The van der Waals surface area contributed by atoms with Crippen LogP contribution in [0.2, 0.25) is 0 Å². The van der Waals surface area contributed by atoms with Crippen LogP contribution in [0.5, 0.6) is 0 Å². The number of hydrogen-bond acceptors (Lipinski definition) is 4. The summed E-state index contributed by atoms with van der Waals surface area (Å²) in [5.74, 6) is -0.383. The minimum absolute atomic E-state index is 0.142. The number of aromatic nitrogens is 1. The molecule has 0 bridgehead atoms. The van der Waals surface area contributed by atoms with Crippen LogP contribution in [-0.2, 0) is 4.74 Å². The molecule has 3 rings (SSSR count). The number of nitrogens with one attached hydrogen (secondary N) is 1. The van der Waals surface area contributed by atoms with E-state index in [0.717, 1.165) is 18.4 Å². The van der Waals surface area contributed by atoms with Gasteiger partial charge in [0, 0.05) is 23.4 Å². The Bertz CT molecular complexity index is 939. The zero-order valence-corrected chi connectivity index (χ0v) is 17.7. The van der Waals surface area contributed by atoms with Gasteiger partial charge in [0.15, 0.2) is 5.78 Å². The highest BCUT2D eigenvalue weighted by molar-refractivity contribution is 6.07. The molecule has 1 N–H and O–H groups in total. The lowest BCUT2D eigenvalue weighted by Gasteiger charge is -2.29. The van der Waals surface area contributed by atoms with E-state index < -0.39 is 12.0 Å². The van der Waals surface area contributed by atoms with Crippen molar-refractivity contribution in [1.29, 1.82) is 0 Å². The first-order valence-electron chi connectivity index (χ1n) is 9.93. The quantitative estimate of drug-likeness (QED) is 0.569. The maximum atomic E-state index is 13.4. The Labute approximate surface area is 171 Å². The van der Waals surface area contributed by atoms with Crippen molar-refractivity contribution in [2.75, 3.05) is 13.7 Å². The average molecular weight is 396 g/mol. The molecule has 1 unspecified atom stereocenters. The Balaban J connectivity index is 1.91. The fourth-order valence-electron chi connectivity index (χ4n) is 3.63. The Morgan fingerprint density at radius 1 is 1.14 bits per heavy atom. The maximum absolute atomic E-state index is 13.4. The maximum Gasteiger partial charge on any atom is 0.354 e. The molecule has 2 aromatic rings. The number of ketones is 1. The highest BCUT2D eigenvalue weighted by atomic mass is 16.5. The molecule has 1 aromatic heterocycles. The molecule has 1 saturated carbocycles. The van der Waals surface area contributed by atoms with Crippen LogP contribution < -0.4 is 0 Å². The van der Waals surface area contributed by atoms with Gasteiger partial charge in [0.2, 0.25) is 0 Å². The predicted molar refractivity (Wildman–Crippen MR) is 110 cm³/mol. The number of methoxy groups -OCH3 is 1. The van der Waals surface area contributed by atoms with Crippen LogP contribution in [0.25, 0.3) is 0 Å². The second kappa shape index (κ2) is 8.23. The van der Waals surface area contributed by atoms with Crippen molar-refractivity contribution in [3.8, 4) is 0 Å². The van der Waals surface area contributed by atoms with Crippen molar-refractivity contribution in [2.24, 2.45) is 5.92 Å². The zero-order valence-electron chi connectivity index (χ0n) is 17.7. The predicted octanol–water partition coefficient (Wildman–Crippen LogP) is 3.85. The molecule has 6 heteroatoms. The third kappa shape index (κ3) is 4.26. The normalized spacial score (nSPS) is 14.4. The summed E-state index contributed by atoms with van der Waals surface area (Å²) in [7, 11) is 1.31. The Morgan fingerprint density at radius 2 is 1.76 bits per heavy atom. The third-order valence-corrected chi connectivity index (χ3v) is 5.63. The number of nitrogens with zero attached hydrogens (tertiary/aromatic N) is 1. The van der Waals surface area contributed by atoms with Gasteiger partial charge < -0.3 is 14.6 Å². The van der Waals surface area contributed by atoms with E-state index in [2.05, 4.69) is 4.98 Å². The summed E-state index contributed by atoms with van der Waals surface area (Å²) in [6, 6.07) is 6.77. The van der Waals surface area contributed by atoms with Crippen LogP contribution in [0.3, 0.4) is 0 Å². The van der Waals surface area contributed by atoms with Gasteiger partial charge >= 0.3 is 5.97 Å². The number of Topliss-reactive ketones (excluding diaryl/α,β-unsaturated/α-hetero) is 1. The molecular formula is C23H28N2O4. The van der Waals surface area contributed by atoms with Crippen molar-refractivity contribution in [2.45, 2.75) is 46.6 Å². The average Bonchev–Trinajstić information content (AvgIpc) is 3.48. The molecular weight excluding hydrogens is 368 g/mol. The van der Waals surface area contributed by atoms with Gasteiger partial charge in [-0.15, -0.1) is 0 Å². The van der Waals surface area contributed by atoms with E-state index in [9.17, 15) is 14.4 Å². The number of amides is 1. The Morgan fingerprint density at radius 3 is 2.31 bits per heavy atom. The number of aryl methyl sites for hydroxylation is 2. The minimum Gasteiger partial charge on any atom is -0.464 e. The molecule has 1 amide bonds. The Kier molecular flexibility index (Phi) is 5.91. The molecule has 1 atom stereocenters. The molecule has 0 saturated heterocycles. The third-order valence-electron chi connectivity index (χ3n) is 5.63. The number of aromatic amines is 1. The van der Waals surface area contributed by atoms with Crippen LogP contribution in [-0.4, -0.2) is 47.2 Å². The SMILES string of the molecule is COC(=O)c1[nH]c(C)c(C(=O)C(C)N(CC2CC2)C(=O)c2ccc(C)cc2)c1C. The van der Waals surface area contributed by atoms with Crippen LogP contribution in [0.4, 0.5) is 0 Å². The molecule has 6 nitrogen and oxygen atoms in total. The number of ether oxygens (including phenoxy) is 1. The lowest BCUT2D eigenvalue weighted by Crippen LogP contribution is -2.44. The number of carbonyl (C=O) groups is 3. The van der Waals surface area contributed by atoms with Gasteiger partial charge in [-0.2, -0.15) is 0 Å². The van der Waals surface area contributed by atoms with E-state index in [1.807, 2.05) is 19.1 Å². The van der Waals surface area contributed by atoms with Crippen molar-refractivity contribution in [3.63, 3.8) is 0 Å². The lowest BCUT2D eigenvalue weighted by atomic mass is 9.99. The minimum atomic E-state index is -0.636. The molecule has 0 spiro atoms. The highest BCUT2D eigenvalue weighted by Crippen LogP contribution is 2.32. The molecule has 1 aliphatic carbocycles. The van der Waals surface area contributed by atoms with Gasteiger partial charge in [-0.1, -0.05) is 17.7 Å². The van der Waals surface area contributed by atoms with E-state index in [-0.39, 0.29) is 17.4 Å². The lowest BCUT2D eigenvalue weighted by molar-refractivity contribution is 0.0592. The van der Waals surface area contributed by atoms with E-state index >= 15 is 0 Å². The number of benzene rings is 1. The van der Waals surface area contributed by atoms with Gasteiger partial charge in [-0.25, -0.2) is 4.79 Å². The van der Waals surface area contributed by atoms with Crippen molar-refractivity contribution < 1.29 is 19.1 Å². The van der Waals surface area contributed by atoms with Crippen LogP contribution in [0, 0.1) is 26.7 Å². The number of carbonyl (C=O) groups excluding carboxylic acids is 3. The standard InChI is InChI=1S/C23H28N2O4/c1-13-6-10-18(11-7-13)22(27)25(12-17-8-9-17)16(4)21(26)19-14(2)20(23(28)29-5)24-15(19)3/h6-7,10-11,16-17,24H,8-9,12H2,1-5H3. The second-order valence-electron chi connectivity index (χ2n) is 7.92. The topological polar surface area (TPSA) is 79.5 Å². The first-order chi connectivity index (χ1) is 13.7. The van der Waals surface area contributed by atoms with E-state index in [1.54, 1.807) is 37.8 Å². The van der Waals surface area contributed by atoms with Crippen LogP contribution >= 0.6 is 0 Å². The fraction of sp³-hybridized carbons (Fsp3) is 0.435. The molecule has 0 radical (unpaired) electrons. The summed E-state index contributed by atoms with van der Waals surface area (Å²) >= 11 is 0. The fourth-order valence-corrected chi connectivity index (χ4v) is 3.63. The summed E-state index contributed by atoms with van der Waals surface area (Å²) in [5.41, 5.74) is 3.55. The van der Waals surface area contributed by atoms with Gasteiger partial charge in [0.05, 0.1) is 13.2 Å². The molecule has 1 aliphatic rings. The molecule has 1 fully saturated rings. The summed E-state index contributed by atoms with van der Waals surface area (Å²) in [6.07, 6.45) is 2.15. The van der Waals surface area contributed by atoms with Gasteiger partial charge in [0.25, 0.3) is 5.91 Å². The number of rotatable bonds is 7. The second-order valence-corrected chi connectivity index (χ2v) is 7.92. The van der Waals surface area contributed by atoms with Crippen molar-refractivity contribution >= 4 is 17.7 Å². The van der Waals surface area contributed by atoms with Crippen molar-refractivity contribution in [1.82, 2.24) is 9.88 Å². The van der Waals surface area contributed by atoms with E-state index in [4.69, 9.17) is 4.74 Å². The molecule has 1 aromatic carbocycles. The van der Waals surface area contributed by atoms with E-state index in [1.165, 1.54) is 7.11 Å². The summed E-state index contributed by atoms with van der Waals surface area (Å²) < 4.78 is 4.79. The molecule has 154 valence electrons. The number of esters is 1. The van der Waals surface area contributed by atoms with Crippen molar-refractivity contribution in [3.05, 3.63) is 57.9 Å². The number of hydrogen-bond donors (Lipinski definition) is 1. The van der Waals surface area contributed by atoms with Gasteiger partial charge in [-0.05, 0) is 64.2 Å². The highest BCUT2D eigenvalue weighted by Gasteiger charge is 2.35. The first-order valence-corrected chi connectivity index (χ1v) is 9.93. The summed E-state index contributed by atoms with van der Waals surface area (Å²) in [5, 5.41) is 0. The molecule has 0 aliphatic heterocycles. The monoisotopic (exact) mass is 396 g/mol. The first kappa shape index (κ1) is 20.8. The van der Waals surface area contributed by atoms with Gasteiger partial charge in [-0.3, -0.25) is 9.59 Å². The van der Waals surface area contributed by atoms with E-state index in [0.29, 0.717) is 34.8 Å². The smallest absolute Gasteiger partial charge is 0.354 e. The zero-order chi connectivity index (χ0) is 21.3. The van der Waals surface area contributed by atoms with Crippen LogP contribution in [0.1, 0.15) is 67.8 Å². The number of H-pyrrole nitrogens is 1. The summed E-state index contributed by atoms with van der Waals surface area (Å²) in [4.78, 5) is 43.2. The largest absolute Gasteiger partial charge is 0.464 e. The van der Waals surface area contributed by atoms with Crippen LogP contribution in [0.15, 0.2) is 24.3 Å². The molecule has 29 heavy (non-hydrogen) atoms. The molecule has 1 heterocycles.